The summed E-state index contributed by atoms with van der Waals surface area (Å²) >= 11 is 5.94. The molecule has 2 amide bonds. The minimum atomic E-state index is -0.612. The van der Waals surface area contributed by atoms with Gasteiger partial charge in [-0.3, -0.25) is 19.5 Å². The molecule has 4 rings (SSSR count). The number of nitrogens with zero attached hydrogens (tertiary/aromatic N) is 2. The molecule has 1 spiro atoms. The summed E-state index contributed by atoms with van der Waals surface area (Å²) in [5.74, 6) is 0.902. The molecule has 2 aliphatic heterocycles. The molecule has 2 N–H and O–H groups in total. The van der Waals surface area contributed by atoms with Crippen LogP contribution in [0.1, 0.15) is 18.4 Å². The fraction of sp³-hybridized carbons (Fsp3) is 0.348. The molecule has 1 saturated heterocycles. The first-order chi connectivity index (χ1) is 15.4. The molecular weight excluding hydrogens is 432 g/mol. The summed E-state index contributed by atoms with van der Waals surface area (Å²) in [5.41, 5.74) is 1.18. The Balaban J connectivity index is 1.35. The molecule has 0 bridgehead atoms. The number of nitrogens with one attached hydrogen (secondary N) is 2. The number of anilines is 1. The quantitative estimate of drug-likeness (QED) is 0.697. The van der Waals surface area contributed by atoms with Crippen molar-refractivity contribution in [2.45, 2.75) is 18.5 Å². The maximum absolute atomic E-state index is 12.6. The van der Waals surface area contributed by atoms with Crippen LogP contribution in [0.5, 0.6) is 11.5 Å². The summed E-state index contributed by atoms with van der Waals surface area (Å²) in [4.78, 5) is 31.9. The minimum absolute atomic E-state index is 0.128. The van der Waals surface area contributed by atoms with Crippen molar-refractivity contribution >= 4 is 34.8 Å². The molecule has 0 saturated carbocycles. The lowest BCUT2D eigenvalue weighted by molar-refractivity contribution is -0.119. The van der Waals surface area contributed by atoms with E-state index < -0.39 is 5.66 Å². The Hall–Kier alpha value is -3.10. The van der Waals surface area contributed by atoms with Crippen LogP contribution in [-0.2, 0) is 9.59 Å². The fourth-order valence-electron chi connectivity index (χ4n) is 3.97. The van der Waals surface area contributed by atoms with Crippen molar-refractivity contribution in [1.82, 2.24) is 10.2 Å². The predicted molar refractivity (Wildman–Crippen MR) is 123 cm³/mol. The number of aliphatic imine (C=N–C) groups is 1. The van der Waals surface area contributed by atoms with Crippen molar-refractivity contribution in [3.8, 4) is 11.5 Å². The predicted octanol–water partition coefficient (Wildman–Crippen LogP) is 2.71. The zero-order valence-electron chi connectivity index (χ0n) is 18.0. The second kappa shape index (κ2) is 9.18. The van der Waals surface area contributed by atoms with Gasteiger partial charge < -0.3 is 20.1 Å². The van der Waals surface area contributed by atoms with Gasteiger partial charge >= 0.3 is 0 Å². The first-order valence-electron chi connectivity index (χ1n) is 10.3. The van der Waals surface area contributed by atoms with Crippen LogP contribution in [-0.4, -0.2) is 61.9 Å². The number of rotatable bonds is 6. The van der Waals surface area contributed by atoms with E-state index in [-0.39, 0.29) is 18.4 Å². The Labute approximate surface area is 191 Å². The van der Waals surface area contributed by atoms with Crippen LogP contribution in [0.3, 0.4) is 0 Å². The average molecular weight is 457 g/mol. The van der Waals surface area contributed by atoms with Crippen molar-refractivity contribution < 1.29 is 19.1 Å². The summed E-state index contributed by atoms with van der Waals surface area (Å²) < 4.78 is 10.5. The van der Waals surface area contributed by atoms with E-state index in [4.69, 9.17) is 26.1 Å². The van der Waals surface area contributed by atoms with Crippen LogP contribution in [0.2, 0.25) is 5.02 Å². The summed E-state index contributed by atoms with van der Waals surface area (Å²) in [6, 6.07) is 12.3. The minimum Gasteiger partial charge on any atom is -0.497 e. The van der Waals surface area contributed by atoms with Crippen LogP contribution in [0.15, 0.2) is 47.5 Å². The normalized spacial score (nSPS) is 17.6. The summed E-state index contributed by atoms with van der Waals surface area (Å²) in [6.45, 7) is 1.54. The van der Waals surface area contributed by atoms with Crippen molar-refractivity contribution in [3.63, 3.8) is 0 Å². The van der Waals surface area contributed by atoms with E-state index in [1.54, 1.807) is 56.7 Å². The lowest BCUT2D eigenvalue weighted by Crippen LogP contribution is -2.52. The third-order valence-electron chi connectivity index (χ3n) is 5.69. The standard InChI is InChI=1S/C23H25ClN4O4/c1-31-18-11-17(12-19(13-18)32-2)25-20(29)14-28-9-7-23(8-10-28)26-21(22(30)27-23)15-3-5-16(24)6-4-15/h3-6,11-13H,7-10,14H2,1-2H3,(H,25,29)(H,27,30). The molecule has 0 atom stereocenters. The van der Waals surface area contributed by atoms with Crippen LogP contribution in [0.25, 0.3) is 0 Å². The number of halogens is 1. The maximum Gasteiger partial charge on any atom is 0.272 e. The van der Waals surface area contributed by atoms with Gasteiger partial charge in [-0.25, -0.2) is 0 Å². The van der Waals surface area contributed by atoms with Gasteiger partial charge in [-0.1, -0.05) is 23.7 Å². The molecule has 2 heterocycles. The topological polar surface area (TPSA) is 92.3 Å². The molecule has 168 valence electrons. The smallest absolute Gasteiger partial charge is 0.272 e. The van der Waals surface area contributed by atoms with Crippen molar-refractivity contribution in [2.24, 2.45) is 4.99 Å². The zero-order valence-corrected chi connectivity index (χ0v) is 18.7. The van der Waals surface area contributed by atoms with Gasteiger partial charge in [0.1, 0.15) is 22.9 Å². The third-order valence-corrected chi connectivity index (χ3v) is 5.94. The van der Waals surface area contributed by atoms with E-state index in [1.165, 1.54) is 0 Å². The largest absolute Gasteiger partial charge is 0.497 e. The number of carbonyl (C=O) groups excluding carboxylic acids is 2. The molecule has 32 heavy (non-hydrogen) atoms. The molecule has 0 radical (unpaired) electrons. The van der Waals surface area contributed by atoms with Gasteiger partial charge in [-0.05, 0) is 12.1 Å². The van der Waals surface area contributed by atoms with E-state index in [0.29, 0.717) is 53.9 Å². The highest BCUT2D eigenvalue weighted by Crippen LogP contribution is 2.29. The van der Waals surface area contributed by atoms with Gasteiger partial charge in [0.25, 0.3) is 5.91 Å². The molecule has 0 aliphatic carbocycles. The number of piperidine rings is 1. The Morgan fingerprint density at radius 1 is 1.12 bits per heavy atom. The fourth-order valence-corrected chi connectivity index (χ4v) is 4.09. The lowest BCUT2D eigenvalue weighted by Gasteiger charge is -2.36. The lowest BCUT2D eigenvalue weighted by atomic mass is 9.98. The SMILES string of the molecule is COc1cc(NC(=O)CN2CCC3(CC2)N=C(c2ccc(Cl)cc2)C(=O)N3)cc(OC)c1. The van der Waals surface area contributed by atoms with Crippen molar-refractivity contribution in [1.29, 1.82) is 0 Å². The number of methoxy groups -OCH3 is 2. The molecule has 0 unspecified atom stereocenters. The Kier molecular flexibility index (Phi) is 6.34. The van der Waals surface area contributed by atoms with Crippen LogP contribution >= 0.6 is 11.6 Å². The van der Waals surface area contributed by atoms with Crippen molar-refractivity contribution in [2.75, 3.05) is 39.2 Å². The highest BCUT2D eigenvalue weighted by Gasteiger charge is 2.42. The number of amides is 2. The second-order valence-corrected chi connectivity index (χ2v) is 8.32. The first-order valence-corrected chi connectivity index (χ1v) is 10.7. The van der Waals surface area contributed by atoms with E-state index in [0.717, 1.165) is 5.56 Å². The van der Waals surface area contributed by atoms with E-state index in [1.807, 2.05) is 0 Å². The van der Waals surface area contributed by atoms with Gasteiger partial charge in [0.15, 0.2) is 0 Å². The molecule has 1 fully saturated rings. The molecule has 2 aromatic rings. The molecule has 2 aliphatic rings. The Morgan fingerprint density at radius 2 is 1.75 bits per heavy atom. The average Bonchev–Trinajstić information content (AvgIpc) is 3.11. The maximum atomic E-state index is 12.6. The van der Waals surface area contributed by atoms with Gasteiger partial charge in [0, 0.05) is 60.4 Å². The van der Waals surface area contributed by atoms with Gasteiger partial charge in [0.05, 0.1) is 20.8 Å². The number of hydrogen-bond donors (Lipinski definition) is 2. The number of benzene rings is 2. The Morgan fingerprint density at radius 3 is 2.34 bits per heavy atom. The van der Waals surface area contributed by atoms with Gasteiger partial charge in [-0.15, -0.1) is 0 Å². The summed E-state index contributed by atoms with van der Waals surface area (Å²) in [5, 5.41) is 6.54. The number of carbonyl (C=O) groups is 2. The highest BCUT2D eigenvalue weighted by atomic mass is 35.5. The monoisotopic (exact) mass is 456 g/mol. The van der Waals surface area contributed by atoms with Crippen LogP contribution in [0.4, 0.5) is 5.69 Å². The van der Waals surface area contributed by atoms with Gasteiger partial charge in [0.2, 0.25) is 5.91 Å². The first kappa shape index (κ1) is 22.1. The third kappa shape index (κ3) is 4.87. The van der Waals surface area contributed by atoms with E-state index >= 15 is 0 Å². The molecule has 2 aromatic carbocycles. The van der Waals surface area contributed by atoms with E-state index in [9.17, 15) is 9.59 Å². The summed E-state index contributed by atoms with van der Waals surface area (Å²) in [6.07, 6.45) is 1.27. The van der Waals surface area contributed by atoms with E-state index in [2.05, 4.69) is 15.5 Å². The highest BCUT2D eigenvalue weighted by molar-refractivity contribution is 6.47. The van der Waals surface area contributed by atoms with Crippen LogP contribution in [0, 0.1) is 0 Å². The van der Waals surface area contributed by atoms with Gasteiger partial charge in [-0.2, -0.15) is 0 Å². The second-order valence-electron chi connectivity index (χ2n) is 7.88. The molecule has 0 aromatic heterocycles. The number of likely N-dealkylation sites (tertiary alicyclic amines) is 1. The number of ether oxygens (including phenoxy) is 2. The summed E-state index contributed by atoms with van der Waals surface area (Å²) in [7, 11) is 3.12. The Bertz CT molecular complexity index is 1020. The molecule has 8 nitrogen and oxygen atoms in total. The molecule has 9 heteroatoms. The number of hydrogen-bond acceptors (Lipinski definition) is 6. The van der Waals surface area contributed by atoms with Crippen molar-refractivity contribution in [3.05, 3.63) is 53.1 Å². The van der Waals surface area contributed by atoms with Crippen LogP contribution < -0.4 is 20.1 Å². The zero-order chi connectivity index (χ0) is 22.7. The molecular formula is C23H25ClN4O4.